The van der Waals surface area contributed by atoms with Crippen molar-refractivity contribution in [3.8, 4) is 5.75 Å². The fraction of sp³-hybridized carbons (Fsp3) is 0.529. The zero-order chi connectivity index (χ0) is 17.7. The minimum atomic E-state index is -1.07. The summed E-state index contributed by atoms with van der Waals surface area (Å²) in [6, 6.07) is 4.27. The van der Waals surface area contributed by atoms with Gasteiger partial charge in [-0.2, -0.15) is 0 Å². The fourth-order valence-corrected chi connectivity index (χ4v) is 2.79. The molecule has 132 valence electrons. The maximum absolute atomic E-state index is 12.3. The van der Waals surface area contributed by atoms with E-state index in [4.69, 9.17) is 21.1 Å². The summed E-state index contributed by atoms with van der Waals surface area (Å²) in [5, 5.41) is 12.3. The van der Waals surface area contributed by atoms with Gasteiger partial charge in [-0.1, -0.05) is 17.7 Å². The van der Waals surface area contributed by atoms with Crippen molar-refractivity contribution in [2.24, 2.45) is 5.92 Å². The highest BCUT2D eigenvalue weighted by Gasteiger charge is 2.32. The van der Waals surface area contributed by atoms with Crippen LogP contribution in [0.25, 0.3) is 0 Å². The number of ether oxygens (including phenoxy) is 2. The van der Waals surface area contributed by atoms with Crippen LogP contribution >= 0.6 is 11.6 Å². The van der Waals surface area contributed by atoms with Crippen LogP contribution in [-0.2, 0) is 14.3 Å². The summed E-state index contributed by atoms with van der Waals surface area (Å²) in [6.45, 7) is 4.40. The Hall–Kier alpha value is -1.79. The Morgan fingerprint density at radius 1 is 1.46 bits per heavy atom. The Labute approximate surface area is 146 Å². The van der Waals surface area contributed by atoms with Crippen molar-refractivity contribution in [3.63, 3.8) is 0 Å². The Kier molecular flexibility index (Phi) is 6.45. The lowest BCUT2D eigenvalue weighted by atomic mass is 9.93. The number of aliphatic carboxylic acids is 1. The number of nitrogens with one attached hydrogen (secondary N) is 1. The smallest absolute Gasteiger partial charge is 0.326 e. The zero-order valence-corrected chi connectivity index (χ0v) is 14.5. The molecular formula is C17H22ClNO5. The lowest BCUT2D eigenvalue weighted by Gasteiger charge is -2.29. The molecule has 2 N–H and O–H groups in total. The first kappa shape index (κ1) is 18.5. The Morgan fingerprint density at radius 3 is 2.83 bits per heavy atom. The molecular weight excluding hydrogens is 334 g/mol. The van der Waals surface area contributed by atoms with E-state index in [-0.39, 0.29) is 5.92 Å². The molecule has 1 fully saturated rings. The standard InChI is InChI=1S/C17H22ClNO5/c1-10-5-6-13(18)14(8-10)24-11(2)16(20)19-15(17(21)22)12-4-3-7-23-9-12/h5-6,8,11-12,15H,3-4,7,9H2,1-2H3,(H,19,20)(H,21,22). The number of carbonyl (C=O) groups excluding carboxylic acids is 1. The van der Waals surface area contributed by atoms with Crippen LogP contribution < -0.4 is 10.1 Å². The van der Waals surface area contributed by atoms with Gasteiger partial charge in [0, 0.05) is 12.5 Å². The van der Waals surface area contributed by atoms with Crippen molar-refractivity contribution < 1.29 is 24.2 Å². The van der Waals surface area contributed by atoms with Gasteiger partial charge < -0.3 is 19.9 Å². The molecule has 0 saturated carbocycles. The van der Waals surface area contributed by atoms with Crippen LogP contribution in [0.4, 0.5) is 0 Å². The number of hydrogen-bond acceptors (Lipinski definition) is 4. The van der Waals surface area contributed by atoms with Gasteiger partial charge in [-0.3, -0.25) is 4.79 Å². The third-order valence-corrected chi connectivity index (χ3v) is 4.30. The van der Waals surface area contributed by atoms with Crippen molar-refractivity contribution in [2.45, 2.75) is 38.8 Å². The van der Waals surface area contributed by atoms with Gasteiger partial charge in [0.05, 0.1) is 11.6 Å². The molecule has 3 unspecified atom stereocenters. The van der Waals surface area contributed by atoms with Crippen LogP contribution in [0.15, 0.2) is 18.2 Å². The Morgan fingerprint density at radius 2 is 2.21 bits per heavy atom. The van der Waals surface area contributed by atoms with E-state index >= 15 is 0 Å². The molecule has 1 aliphatic rings. The molecule has 1 amide bonds. The van der Waals surface area contributed by atoms with E-state index in [1.165, 1.54) is 0 Å². The summed E-state index contributed by atoms with van der Waals surface area (Å²) in [5.74, 6) is -1.41. The zero-order valence-electron chi connectivity index (χ0n) is 13.8. The summed E-state index contributed by atoms with van der Waals surface area (Å²) in [5.41, 5.74) is 0.949. The number of rotatable bonds is 6. The summed E-state index contributed by atoms with van der Waals surface area (Å²) < 4.78 is 10.9. The van der Waals surface area contributed by atoms with Gasteiger partial charge in [0.15, 0.2) is 6.10 Å². The average molecular weight is 356 g/mol. The van der Waals surface area contributed by atoms with Gasteiger partial charge in [-0.15, -0.1) is 0 Å². The highest BCUT2D eigenvalue weighted by Crippen LogP contribution is 2.26. The second-order valence-corrected chi connectivity index (χ2v) is 6.40. The molecule has 1 aromatic rings. The van der Waals surface area contributed by atoms with Gasteiger partial charge in [-0.05, 0) is 44.4 Å². The molecule has 1 saturated heterocycles. The molecule has 0 aromatic heterocycles. The molecule has 0 radical (unpaired) electrons. The number of amides is 1. The van der Waals surface area contributed by atoms with E-state index in [0.717, 1.165) is 12.0 Å². The summed E-state index contributed by atoms with van der Waals surface area (Å²) in [4.78, 5) is 23.8. The van der Waals surface area contributed by atoms with E-state index in [2.05, 4.69) is 5.32 Å². The summed E-state index contributed by atoms with van der Waals surface area (Å²) in [6.07, 6.45) is 0.626. The SMILES string of the molecule is Cc1ccc(Cl)c(OC(C)C(=O)NC(C(=O)O)C2CCCOC2)c1. The maximum atomic E-state index is 12.3. The molecule has 1 aliphatic heterocycles. The fourth-order valence-electron chi connectivity index (χ4n) is 2.63. The van der Waals surface area contributed by atoms with Gasteiger partial charge >= 0.3 is 5.97 Å². The number of benzene rings is 1. The molecule has 0 aliphatic carbocycles. The van der Waals surface area contributed by atoms with Crippen LogP contribution in [0.3, 0.4) is 0 Å². The monoisotopic (exact) mass is 355 g/mol. The second kappa shape index (κ2) is 8.35. The van der Waals surface area contributed by atoms with Gasteiger partial charge in [0.25, 0.3) is 5.91 Å². The first-order valence-corrected chi connectivity index (χ1v) is 8.30. The molecule has 1 aromatic carbocycles. The van der Waals surface area contributed by atoms with Crippen molar-refractivity contribution in [2.75, 3.05) is 13.2 Å². The predicted octanol–water partition coefficient (Wildman–Crippen LogP) is 2.41. The van der Waals surface area contributed by atoms with Crippen molar-refractivity contribution in [1.29, 1.82) is 0 Å². The lowest BCUT2D eigenvalue weighted by Crippen LogP contribution is -2.51. The van der Waals surface area contributed by atoms with Crippen LogP contribution in [0.2, 0.25) is 5.02 Å². The minimum Gasteiger partial charge on any atom is -0.480 e. The van der Waals surface area contributed by atoms with Gasteiger partial charge in [0.1, 0.15) is 11.8 Å². The third-order valence-electron chi connectivity index (χ3n) is 3.99. The van der Waals surface area contributed by atoms with Crippen molar-refractivity contribution in [1.82, 2.24) is 5.32 Å². The average Bonchev–Trinajstić information content (AvgIpc) is 2.56. The summed E-state index contributed by atoms with van der Waals surface area (Å²) >= 11 is 6.06. The highest BCUT2D eigenvalue weighted by molar-refractivity contribution is 6.32. The normalized spacial score (nSPS) is 20.0. The Balaban J connectivity index is 2.00. The second-order valence-electron chi connectivity index (χ2n) is 6.00. The molecule has 0 spiro atoms. The van der Waals surface area contributed by atoms with E-state index in [1.807, 2.05) is 13.0 Å². The first-order chi connectivity index (χ1) is 11.4. The van der Waals surface area contributed by atoms with E-state index in [9.17, 15) is 14.7 Å². The molecule has 0 bridgehead atoms. The quantitative estimate of drug-likeness (QED) is 0.818. The largest absolute Gasteiger partial charge is 0.480 e. The maximum Gasteiger partial charge on any atom is 0.326 e. The number of carboxylic acids is 1. The van der Waals surface area contributed by atoms with Crippen LogP contribution in [0.1, 0.15) is 25.3 Å². The number of carboxylic acid groups (broad SMARTS) is 1. The first-order valence-electron chi connectivity index (χ1n) is 7.92. The number of halogens is 1. The lowest BCUT2D eigenvalue weighted by molar-refractivity contribution is -0.146. The Bertz CT molecular complexity index is 601. The number of aryl methyl sites for hydroxylation is 1. The minimum absolute atomic E-state index is 0.241. The van der Waals surface area contributed by atoms with Crippen LogP contribution in [0.5, 0.6) is 5.75 Å². The molecule has 7 heteroatoms. The van der Waals surface area contributed by atoms with E-state index in [1.54, 1.807) is 19.1 Å². The van der Waals surface area contributed by atoms with Crippen LogP contribution in [0, 0.1) is 12.8 Å². The molecule has 3 atom stereocenters. The van der Waals surface area contributed by atoms with Gasteiger partial charge in [0.2, 0.25) is 0 Å². The topological polar surface area (TPSA) is 84.9 Å². The van der Waals surface area contributed by atoms with Gasteiger partial charge in [-0.25, -0.2) is 4.79 Å². The van der Waals surface area contributed by atoms with Crippen molar-refractivity contribution >= 4 is 23.5 Å². The molecule has 1 heterocycles. The van der Waals surface area contributed by atoms with E-state index in [0.29, 0.717) is 30.4 Å². The molecule has 6 nitrogen and oxygen atoms in total. The number of carbonyl (C=O) groups is 2. The molecule has 24 heavy (non-hydrogen) atoms. The van der Waals surface area contributed by atoms with E-state index < -0.39 is 24.0 Å². The highest BCUT2D eigenvalue weighted by atomic mass is 35.5. The third kappa shape index (κ3) is 4.85. The number of hydrogen-bond donors (Lipinski definition) is 2. The summed E-state index contributed by atoms with van der Waals surface area (Å²) in [7, 11) is 0. The predicted molar refractivity (Wildman–Crippen MR) is 89.4 cm³/mol. The van der Waals surface area contributed by atoms with Crippen LogP contribution in [-0.4, -0.2) is 42.3 Å². The molecule has 2 rings (SSSR count). The van der Waals surface area contributed by atoms with Crippen molar-refractivity contribution in [3.05, 3.63) is 28.8 Å².